The van der Waals surface area contributed by atoms with Gasteiger partial charge in [0.15, 0.2) is 0 Å². The van der Waals surface area contributed by atoms with Crippen LogP contribution in [0.5, 0.6) is 17.2 Å². The Kier molecular flexibility index (Phi) is 16.8. The maximum absolute atomic E-state index is 14.6. The lowest BCUT2D eigenvalue weighted by Crippen LogP contribution is -2.54. The molecule has 0 aliphatic carbocycles. The largest absolute Gasteiger partial charge is 0.490 e. The van der Waals surface area contributed by atoms with E-state index in [0.29, 0.717) is 42.9 Å². The van der Waals surface area contributed by atoms with Gasteiger partial charge in [0.05, 0.1) is 17.8 Å². The average molecular weight is 803 g/mol. The number of halogens is 7. The molecule has 3 rings (SSSR count). The van der Waals surface area contributed by atoms with Crippen molar-refractivity contribution in [2.75, 3.05) is 39.6 Å². The van der Waals surface area contributed by atoms with Gasteiger partial charge in [-0.25, -0.2) is 4.39 Å². The number of ether oxygens (including phenoxy) is 6. The van der Waals surface area contributed by atoms with E-state index in [-0.39, 0.29) is 63.5 Å². The van der Waals surface area contributed by atoms with Crippen LogP contribution in [-0.2, 0) is 34.0 Å². The molecule has 3 aromatic carbocycles. The Morgan fingerprint density at radius 2 is 0.875 bits per heavy atom. The van der Waals surface area contributed by atoms with Crippen molar-refractivity contribution >= 4 is 17.9 Å². The van der Waals surface area contributed by atoms with E-state index in [1.54, 1.807) is 27.7 Å². The van der Waals surface area contributed by atoms with Crippen molar-refractivity contribution in [2.45, 2.75) is 64.7 Å². The van der Waals surface area contributed by atoms with Gasteiger partial charge >= 0.3 is 30.3 Å². The third-order valence-electron chi connectivity index (χ3n) is 8.91. The zero-order valence-corrected chi connectivity index (χ0v) is 31.3. The molecule has 0 aliphatic rings. The number of alkyl halides is 6. The molecule has 0 aromatic heterocycles. The zero-order valence-electron chi connectivity index (χ0n) is 31.3. The van der Waals surface area contributed by atoms with E-state index in [1.807, 2.05) is 0 Å². The molecule has 0 saturated carbocycles. The van der Waals surface area contributed by atoms with Crippen LogP contribution in [0.3, 0.4) is 0 Å². The molecular formula is C40H45F7O9. The van der Waals surface area contributed by atoms with Gasteiger partial charge in [-0.1, -0.05) is 52.0 Å². The van der Waals surface area contributed by atoms with E-state index in [2.05, 4.69) is 0 Å². The molecular weight excluding hydrogens is 757 g/mol. The van der Waals surface area contributed by atoms with Crippen LogP contribution in [0.4, 0.5) is 30.7 Å². The number of benzene rings is 3. The third kappa shape index (κ3) is 12.2. The first-order valence-corrected chi connectivity index (χ1v) is 17.9. The Morgan fingerprint density at radius 1 is 0.518 bits per heavy atom. The van der Waals surface area contributed by atoms with E-state index in [9.17, 15) is 45.1 Å². The molecule has 56 heavy (non-hydrogen) atoms. The summed E-state index contributed by atoms with van der Waals surface area (Å²) in [6.45, 7) is 5.85. The second-order valence-electron chi connectivity index (χ2n) is 12.8. The molecule has 16 heteroatoms. The smallest absolute Gasteiger partial charge is 0.411 e. The number of hydrogen-bond donors (Lipinski definition) is 0. The van der Waals surface area contributed by atoms with Gasteiger partial charge in [0, 0.05) is 0 Å². The monoisotopic (exact) mass is 802 g/mol. The van der Waals surface area contributed by atoms with Crippen molar-refractivity contribution < 1.29 is 73.5 Å². The lowest BCUT2D eigenvalue weighted by Gasteiger charge is -2.38. The van der Waals surface area contributed by atoms with Crippen molar-refractivity contribution in [3.05, 3.63) is 89.7 Å². The van der Waals surface area contributed by atoms with Crippen LogP contribution in [0.2, 0.25) is 0 Å². The quantitative estimate of drug-likeness (QED) is 0.0452. The summed E-state index contributed by atoms with van der Waals surface area (Å²) < 4.78 is 132. The highest BCUT2D eigenvalue weighted by Crippen LogP contribution is 2.56. The average Bonchev–Trinajstić information content (AvgIpc) is 3.16. The van der Waals surface area contributed by atoms with E-state index in [1.165, 1.54) is 24.3 Å². The lowest BCUT2D eigenvalue weighted by atomic mass is 9.73. The molecule has 9 nitrogen and oxygen atoms in total. The van der Waals surface area contributed by atoms with Crippen molar-refractivity contribution in [2.24, 2.45) is 17.8 Å². The summed E-state index contributed by atoms with van der Waals surface area (Å²) in [5.74, 6) is -3.46. The fourth-order valence-electron chi connectivity index (χ4n) is 5.54. The minimum Gasteiger partial charge on any atom is -0.490 e. The third-order valence-corrected chi connectivity index (χ3v) is 8.91. The molecule has 0 radical (unpaired) electrons. The molecule has 0 heterocycles. The van der Waals surface area contributed by atoms with Crippen molar-refractivity contribution in [3.8, 4) is 17.2 Å². The minimum atomic E-state index is -5.82. The predicted molar refractivity (Wildman–Crippen MR) is 189 cm³/mol. The zero-order chi connectivity index (χ0) is 41.5. The van der Waals surface area contributed by atoms with Crippen LogP contribution in [0.25, 0.3) is 0 Å². The Labute approximate surface area is 320 Å². The normalized spacial score (nSPS) is 13.6. The highest BCUT2D eigenvalue weighted by atomic mass is 19.4. The van der Waals surface area contributed by atoms with Crippen molar-refractivity contribution in [3.63, 3.8) is 0 Å². The number of esters is 3. The molecule has 0 amide bonds. The van der Waals surface area contributed by atoms with Gasteiger partial charge in [-0.15, -0.1) is 0 Å². The topological polar surface area (TPSA) is 107 Å². The standard InChI is InChI=1S/C40H45F7O9/c1-5-26(3)35(48)54-22-19-51-32-13-7-29(8-14-32)38(39(42,43)44,40(45,46)47)30-9-15-33(16-10-30)52-21-24-56-37(50)28(6-2)25-27(4)36(49)55-23-20-53-34-17-11-31(41)12-18-34/h7-18,26-28H,5-6,19-25H2,1-4H3. The van der Waals surface area contributed by atoms with Crippen LogP contribution >= 0.6 is 0 Å². The summed E-state index contributed by atoms with van der Waals surface area (Å²) in [5.41, 5.74) is -6.62. The molecule has 0 spiro atoms. The molecule has 3 unspecified atom stereocenters. The first kappa shape index (κ1) is 45.4. The van der Waals surface area contributed by atoms with Crippen LogP contribution in [-0.4, -0.2) is 69.9 Å². The first-order valence-electron chi connectivity index (χ1n) is 17.9. The fraction of sp³-hybridized carbons (Fsp3) is 0.475. The Hall–Kier alpha value is -5.02. The SMILES string of the molecule is CCC(C)C(=O)OCCOc1ccc(C(c2ccc(OCCOC(=O)C(CC)CC(C)C(=O)OCCOc3ccc(F)cc3)cc2)(C(F)(F)F)C(F)(F)F)cc1. The Balaban J connectivity index is 1.55. The van der Waals surface area contributed by atoms with Gasteiger partial charge in [-0.05, 0) is 78.9 Å². The summed E-state index contributed by atoms with van der Waals surface area (Å²) in [6.07, 6.45) is -10.6. The minimum absolute atomic E-state index is 0.0276. The van der Waals surface area contributed by atoms with Crippen LogP contribution in [0.1, 0.15) is 58.1 Å². The van der Waals surface area contributed by atoms with Gasteiger partial charge in [-0.3, -0.25) is 14.4 Å². The molecule has 3 atom stereocenters. The second kappa shape index (κ2) is 20.8. The Morgan fingerprint density at radius 3 is 1.23 bits per heavy atom. The highest BCUT2D eigenvalue weighted by Gasteiger charge is 2.72. The summed E-state index contributed by atoms with van der Waals surface area (Å²) >= 11 is 0. The van der Waals surface area contributed by atoms with Crippen LogP contribution < -0.4 is 14.2 Å². The van der Waals surface area contributed by atoms with Gasteiger partial charge in [-0.2, -0.15) is 26.3 Å². The summed E-state index contributed by atoms with van der Waals surface area (Å²) in [4.78, 5) is 36.9. The molecule has 0 saturated heterocycles. The number of hydrogen-bond acceptors (Lipinski definition) is 9. The van der Waals surface area contributed by atoms with Crippen molar-refractivity contribution in [1.29, 1.82) is 0 Å². The van der Waals surface area contributed by atoms with Crippen LogP contribution in [0.15, 0.2) is 72.8 Å². The number of carbonyl (C=O) groups is 3. The summed E-state index contributed by atoms with van der Waals surface area (Å²) in [7, 11) is 0. The Bertz CT molecular complexity index is 1660. The van der Waals surface area contributed by atoms with E-state index in [4.69, 9.17) is 28.4 Å². The predicted octanol–water partition coefficient (Wildman–Crippen LogP) is 8.80. The summed E-state index contributed by atoms with van der Waals surface area (Å²) in [6, 6.07) is 11.9. The van der Waals surface area contributed by atoms with Gasteiger partial charge in [0.25, 0.3) is 0 Å². The van der Waals surface area contributed by atoms with Crippen molar-refractivity contribution in [1.82, 2.24) is 0 Å². The highest BCUT2D eigenvalue weighted by molar-refractivity contribution is 5.75. The van der Waals surface area contributed by atoms with E-state index >= 15 is 0 Å². The maximum atomic E-state index is 14.6. The number of rotatable bonds is 21. The first-order chi connectivity index (χ1) is 26.4. The molecule has 308 valence electrons. The molecule has 0 fully saturated rings. The maximum Gasteiger partial charge on any atom is 0.411 e. The van der Waals surface area contributed by atoms with E-state index in [0.717, 1.165) is 24.3 Å². The van der Waals surface area contributed by atoms with Gasteiger partial charge in [0.1, 0.15) is 62.7 Å². The van der Waals surface area contributed by atoms with Gasteiger partial charge < -0.3 is 28.4 Å². The number of carbonyl (C=O) groups excluding carboxylic acids is 3. The van der Waals surface area contributed by atoms with E-state index < -0.39 is 64.5 Å². The summed E-state index contributed by atoms with van der Waals surface area (Å²) in [5, 5.41) is 0. The molecule has 0 aliphatic heterocycles. The van der Waals surface area contributed by atoms with Gasteiger partial charge in [0.2, 0.25) is 5.41 Å². The molecule has 3 aromatic rings. The lowest BCUT2D eigenvalue weighted by molar-refractivity contribution is -0.288. The second-order valence-corrected chi connectivity index (χ2v) is 12.8. The fourth-order valence-corrected chi connectivity index (χ4v) is 5.54. The molecule has 0 bridgehead atoms. The van der Waals surface area contributed by atoms with Crippen LogP contribution in [0, 0.1) is 23.6 Å². The molecule has 0 N–H and O–H groups in total.